The molecule has 1 aromatic carbocycles. The van der Waals surface area contributed by atoms with Crippen molar-refractivity contribution in [2.45, 2.75) is 91.9 Å². The fourth-order valence-corrected chi connectivity index (χ4v) is 9.41. The summed E-state index contributed by atoms with van der Waals surface area (Å²) in [4.78, 5) is 11.4. The lowest BCUT2D eigenvalue weighted by Crippen LogP contribution is -2.11. The molecule has 0 unspecified atom stereocenters. The Hall–Kier alpha value is -1.82. The Morgan fingerprint density at radius 3 is 2.03 bits per heavy atom. The molecule has 0 saturated carbocycles. The second kappa shape index (κ2) is 18.5. The first kappa shape index (κ1) is 30.2. The summed E-state index contributed by atoms with van der Waals surface area (Å²) in [5.41, 5.74) is 4.81. The number of allylic oxidation sites excluding steroid dienone is 2. The Kier molecular flexibility index (Phi) is 16.4. The number of hydrogen-bond donors (Lipinski definition) is 1. The number of hydrogen-bond acceptors (Lipinski definition) is 3. The summed E-state index contributed by atoms with van der Waals surface area (Å²) in [5.74, 6) is 0.0920. The number of benzene rings is 1. The van der Waals surface area contributed by atoms with Crippen molar-refractivity contribution in [3.63, 3.8) is 0 Å². The molecule has 0 aliphatic carbocycles. The largest absolute Gasteiger partial charge is 0.504 e. The van der Waals surface area contributed by atoms with Crippen molar-refractivity contribution in [1.82, 2.24) is 0 Å². The quantitative estimate of drug-likeness (QED) is 0.0560. The van der Waals surface area contributed by atoms with Crippen molar-refractivity contribution >= 4 is 18.5 Å². The summed E-state index contributed by atoms with van der Waals surface area (Å²) in [6.45, 7) is 9.05. The molecule has 34 heavy (non-hydrogen) atoms. The maximum Gasteiger partial charge on any atom is 0.330 e. The Labute approximate surface area is 209 Å². The van der Waals surface area contributed by atoms with Crippen LogP contribution in [0.3, 0.4) is 0 Å². The molecule has 190 valence electrons. The maximum atomic E-state index is 11.4. The molecule has 0 radical (unpaired) electrons. The van der Waals surface area contributed by atoms with Crippen molar-refractivity contribution in [2.75, 3.05) is 25.1 Å². The van der Waals surface area contributed by atoms with Gasteiger partial charge in [0.2, 0.25) is 0 Å². The van der Waals surface area contributed by atoms with Crippen LogP contribution in [0, 0.1) is 0 Å². The first-order valence-corrected chi connectivity index (χ1v) is 15.8. The van der Waals surface area contributed by atoms with Gasteiger partial charge in [0.05, 0.1) is 32.4 Å². The number of carbonyl (C=O) groups is 1. The monoisotopic (exact) mass is 487 g/mol. The average molecular weight is 488 g/mol. The first-order valence-electron chi connectivity index (χ1n) is 13.5. The summed E-state index contributed by atoms with van der Waals surface area (Å²) in [6, 6.07) is 10.7. The molecule has 0 atom stereocenters. The van der Waals surface area contributed by atoms with Gasteiger partial charge in [-0.2, -0.15) is 0 Å². The van der Waals surface area contributed by atoms with Crippen LogP contribution in [-0.2, 0) is 9.53 Å². The second-order valence-corrected chi connectivity index (χ2v) is 13.1. The molecule has 1 rings (SSSR count). The second-order valence-electron chi connectivity index (χ2n) is 9.06. The Morgan fingerprint density at radius 1 is 0.912 bits per heavy atom. The third-order valence-electron chi connectivity index (χ3n) is 6.18. The van der Waals surface area contributed by atoms with E-state index in [4.69, 9.17) is 4.74 Å². The van der Waals surface area contributed by atoms with Crippen molar-refractivity contribution in [1.29, 1.82) is 0 Å². The molecule has 3 nitrogen and oxygen atoms in total. The number of unbranched alkanes of at least 4 members (excludes halogenated alkanes) is 5. The molecule has 0 spiro atoms. The SMILES string of the molecule is CCCC[P+](CCCC)(CCCC)C(=C=C(O)CCCC/C=C/C(=O)OCC)c1ccccc1. The van der Waals surface area contributed by atoms with Gasteiger partial charge in [-0.3, -0.25) is 0 Å². The third kappa shape index (κ3) is 11.5. The molecule has 4 heteroatoms. The number of rotatable bonds is 18. The molecule has 1 N–H and O–H groups in total. The summed E-state index contributed by atoms with van der Waals surface area (Å²) in [6.07, 6.45) is 17.7. The number of esters is 1. The van der Waals surface area contributed by atoms with E-state index in [0.717, 1.165) is 19.3 Å². The highest BCUT2D eigenvalue weighted by molar-refractivity contribution is 7.85. The van der Waals surface area contributed by atoms with Crippen LogP contribution in [0.5, 0.6) is 0 Å². The predicted molar refractivity (Wildman–Crippen MR) is 150 cm³/mol. The van der Waals surface area contributed by atoms with Gasteiger partial charge in [-0.25, -0.2) is 4.79 Å². The van der Waals surface area contributed by atoms with Gasteiger partial charge in [0.15, 0.2) is 0 Å². The zero-order valence-electron chi connectivity index (χ0n) is 22.2. The number of aliphatic hydroxyl groups excluding tert-OH is 1. The van der Waals surface area contributed by atoms with E-state index in [-0.39, 0.29) is 5.97 Å². The van der Waals surface area contributed by atoms with Gasteiger partial charge in [0.25, 0.3) is 0 Å². The van der Waals surface area contributed by atoms with Gasteiger partial charge in [-0.05, 0) is 51.2 Å². The lowest BCUT2D eigenvalue weighted by atomic mass is 10.1. The fourth-order valence-electron chi connectivity index (χ4n) is 4.24. The van der Waals surface area contributed by atoms with Crippen LogP contribution >= 0.6 is 7.26 Å². The van der Waals surface area contributed by atoms with Crippen LogP contribution in [-0.4, -0.2) is 36.2 Å². The smallest absolute Gasteiger partial charge is 0.330 e. The predicted octanol–water partition coefficient (Wildman–Crippen LogP) is 9.17. The molecule has 0 saturated heterocycles. The lowest BCUT2D eigenvalue weighted by Gasteiger charge is -2.29. The van der Waals surface area contributed by atoms with Crippen LogP contribution in [0.4, 0.5) is 0 Å². The van der Waals surface area contributed by atoms with Gasteiger partial charge >= 0.3 is 5.97 Å². The summed E-state index contributed by atoms with van der Waals surface area (Å²) in [7, 11) is -1.44. The molecule has 0 bridgehead atoms. The summed E-state index contributed by atoms with van der Waals surface area (Å²) < 4.78 is 4.91. The van der Waals surface area contributed by atoms with E-state index in [1.54, 1.807) is 0 Å². The van der Waals surface area contributed by atoms with E-state index in [9.17, 15) is 9.90 Å². The molecule has 0 aliphatic rings. The van der Waals surface area contributed by atoms with Crippen LogP contribution in [0.2, 0.25) is 0 Å². The van der Waals surface area contributed by atoms with Crippen molar-refractivity contribution in [3.05, 3.63) is 59.5 Å². The standard InChI is InChI=1S/C30H47O3P/c1-5-9-23-34(24-10-6-2,25-11-7-3)29(27-19-15-14-16-20-27)26-28(31)21-17-12-13-18-22-30(32)33-8-4/h14-16,18-20,22H,5-13,17,21,23-25H2,1-4H3/p+1/b22-18+. The van der Waals surface area contributed by atoms with Crippen LogP contribution < -0.4 is 0 Å². The van der Waals surface area contributed by atoms with E-state index in [0.29, 0.717) is 18.8 Å². The van der Waals surface area contributed by atoms with Crippen molar-refractivity contribution < 1.29 is 14.6 Å². The topological polar surface area (TPSA) is 46.5 Å². The highest BCUT2D eigenvalue weighted by atomic mass is 31.2. The molecule has 1 aromatic rings. The van der Waals surface area contributed by atoms with E-state index in [1.807, 2.05) is 13.0 Å². The first-order chi connectivity index (χ1) is 16.5. The van der Waals surface area contributed by atoms with Gasteiger partial charge < -0.3 is 9.84 Å². The van der Waals surface area contributed by atoms with Crippen molar-refractivity contribution in [2.24, 2.45) is 0 Å². The molecule has 0 amide bonds. The highest BCUT2D eigenvalue weighted by Crippen LogP contribution is 2.70. The van der Waals surface area contributed by atoms with E-state index in [1.165, 1.54) is 74.0 Å². The normalized spacial score (nSPS) is 11.4. The van der Waals surface area contributed by atoms with E-state index >= 15 is 0 Å². The van der Waals surface area contributed by atoms with Crippen LogP contribution in [0.25, 0.3) is 5.31 Å². The number of ether oxygens (including phenoxy) is 1. The molecule has 0 heterocycles. The Morgan fingerprint density at radius 2 is 1.50 bits per heavy atom. The third-order valence-corrected chi connectivity index (χ3v) is 11.0. The minimum absolute atomic E-state index is 0.285. The summed E-state index contributed by atoms with van der Waals surface area (Å²) in [5, 5.41) is 12.3. The Bertz CT molecular complexity index is 754. The molecular weight excluding hydrogens is 439 g/mol. The van der Waals surface area contributed by atoms with Gasteiger partial charge in [0, 0.05) is 18.1 Å². The van der Waals surface area contributed by atoms with Crippen molar-refractivity contribution in [3.8, 4) is 0 Å². The van der Waals surface area contributed by atoms with Gasteiger partial charge in [-0.15, -0.1) is 0 Å². The number of carbonyl (C=O) groups excluding carboxylic acids is 1. The zero-order chi connectivity index (χ0) is 25.1. The highest BCUT2D eigenvalue weighted by Gasteiger charge is 2.41. The lowest BCUT2D eigenvalue weighted by molar-refractivity contribution is -0.137. The summed E-state index contributed by atoms with van der Waals surface area (Å²) >= 11 is 0. The van der Waals surface area contributed by atoms with E-state index < -0.39 is 7.26 Å². The average Bonchev–Trinajstić information content (AvgIpc) is 2.85. The van der Waals surface area contributed by atoms with Gasteiger partial charge in [0.1, 0.15) is 11.1 Å². The maximum absolute atomic E-state index is 11.4. The molecule has 0 aromatic heterocycles. The zero-order valence-corrected chi connectivity index (χ0v) is 23.0. The minimum atomic E-state index is -1.44. The van der Waals surface area contributed by atoms with Gasteiger partial charge in [-0.1, -0.05) is 76.4 Å². The Balaban J connectivity index is 3.18. The van der Waals surface area contributed by atoms with E-state index in [2.05, 4.69) is 56.8 Å². The molecule has 0 aliphatic heterocycles. The fraction of sp³-hybridized carbons (Fsp3) is 0.600. The molecular formula is C30H48O3P+. The minimum Gasteiger partial charge on any atom is -0.504 e. The van der Waals surface area contributed by atoms with Crippen LogP contribution in [0.1, 0.15) is 97.5 Å². The van der Waals surface area contributed by atoms with Crippen LogP contribution in [0.15, 0.2) is 54.0 Å². The molecule has 0 fully saturated rings. The number of aliphatic hydroxyl groups is 1.